The van der Waals surface area contributed by atoms with Crippen LogP contribution in [0.4, 0.5) is 5.69 Å². The molecule has 0 radical (unpaired) electrons. The molecular weight excluding hydrogens is 328 g/mol. The van der Waals surface area contributed by atoms with Crippen LogP contribution in [0.5, 0.6) is 0 Å². The van der Waals surface area contributed by atoms with E-state index in [1.54, 1.807) is 0 Å². The van der Waals surface area contributed by atoms with Crippen LogP contribution in [0.2, 0.25) is 0 Å². The molecule has 1 aromatic heterocycles. The van der Waals surface area contributed by atoms with Crippen LogP contribution in [0, 0.1) is 6.92 Å². The number of hydrogen-bond donors (Lipinski definition) is 3. The van der Waals surface area contributed by atoms with E-state index in [4.69, 9.17) is 5.14 Å². The van der Waals surface area contributed by atoms with Gasteiger partial charge in [-0.3, -0.25) is 9.78 Å². The molecule has 4 N–H and O–H groups in total. The Morgan fingerprint density at radius 3 is 2.71 bits per heavy atom. The molecule has 24 heavy (non-hydrogen) atoms. The summed E-state index contributed by atoms with van der Waals surface area (Å²) in [4.78, 5) is 16.5. The van der Waals surface area contributed by atoms with Crippen molar-refractivity contribution < 1.29 is 13.2 Å². The van der Waals surface area contributed by atoms with Crippen LogP contribution < -0.4 is 15.2 Å². The third-order valence-electron chi connectivity index (χ3n) is 3.50. The number of anilines is 1. The number of aryl methyl sites for hydroxylation is 1. The second-order valence-electron chi connectivity index (χ2n) is 5.63. The van der Waals surface area contributed by atoms with E-state index in [0.29, 0.717) is 19.3 Å². The maximum atomic E-state index is 12.1. The molecule has 1 heterocycles. The van der Waals surface area contributed by atoms with E-state index >= 15 is 0 Å². The van der Waals surface area contributed by atoms with Crippen molar-refractivity contribution in [3.63, 3.8) is 0 Å². The molecule has 0 aliphatic carbocycles. The molecule has 0 spiro atoms. The molecule has 0 aliphatic heterocycles. The van der Waals surface area contributed by atoms with Crippen LogP contribution in [0.15, 0.2) is 30.3 Å². The number of aromatic nitrogens is 1. The minimum Gasteiger partial charge on any atom is -0.325 e. The summed E-state index contributed by atoms with van der Waals surface area (Å²) in [7, 11) is -3.63. The number of pyridine rings is 1. The van der Waals surface area contributed by atoms with Crippen LogP contribution in [-0.2, 0) is 15.0 Å². The lowest BCUT2D eigenvalue weighted by Crippen LogP contribution is -2.31. The first-order valence-corrected chi connectivity index (χ1v) is 9.33. The minimum atomic E-state index is -3.63. The molecule has 2 aromatic rings. The van der Waals surface area contributed by atoms with Gasteiger partial charge in [-0.05, 0) is 31.9 Å². The average Bonchev–Trinajstić information content (AvgIpc) is 2.49. The fraction of sp³-hybridized carbons (Fsp3) is 0.375. The van der Waals surface area contributed by atoms with Gasteiger partial charge in [0, 0.05) is 24.0 Å². The van der Waals surface area contributed by atoms with Crippen LogP contribution in [0.3, 0.4) is 0 Å². The standard InChI is InChI=1S/C16H22N4O3S/c1-12-11-15(13-7-4-5-8-14(13)19-12)20-16(21)9-3-2-6-10-18-24(17,22)23/h4-5,7-8,11,18H,2-3,6,9-10H2,1H3,(H2,17,22,23)(H,19,20,21). The lowest BCUT2D eigenvalue weighted by Gasteiger charge is -2.10. The van der Waals surface area contributed by atoms with E-state index in [2.05, 4.69) is 15.0 Å². The van der Waals surface area contributed by atoms with Gasteiger partial charge >= 0.3 is 0 Å². The number of nitrogens with one attached hydrogen (secondary N) is 2. The number of para-hydroxylation sites is 1. The summed E-state index contributed by atoms with van der Waals surface area (Å²) in [6.45, 7) is 2.18. The first kappa shape index (κ1) is 18.3. The van der Waals surface area contributed by atoms with Crippen molar-refractivity contribution in [2.24, 2.45) is 5.14 Å². The van der Waals surface area contributed by atoms with Crippen molar-refractivity contribution >= 4 is 32.7 Å². The Morgan fingerprint density at radius 1 is 1.21 bits per heavy atom. The summed E-state index contributed by atoms with van der Waals surface area (Å²) in [5.74, 6) is -0.0647. The Balaban J connectivity index is 1.83. The predicted molar refractivity (Wildman–Crippen MR) is 94.7 cm³/mol. The number of fused-ring (bicyclic) bond motifs is 1. The average molecular weight is 350 g/mol. The molecule has 8 heteroatoms. The number of benzene rings is 1. The molecule has 0 unspecified atom stereocenters. The quantitative estimate of drug-likeness (QED) is 0.630. The molecule has 2 rings (SSSR count). The van der Waals surface area contributed by atoms with Crippen LogP contribution in [0.1, 0.15) is 31.4 Å². The normalized spacial score (nSPS) is 11.6. The Kier molecular flexibility index (Phi) is 6.24. The van der Waals surface area contributed by atoms with Gasteiger partial charge in [-0.15, -0.1) is 0 Å². The number of carbonyl (C=O) groups is 1. The van der Waals surface area contributed by atoms with Gasteiger partial charge in [0.05, 0.1) is 11.2 Å². The number of carbonyl (C=O) groups excluding carboxylic acids is 1. The fourth-order valence-electron chi connectivity index (χ4n) is 2.43. The first-order chi connectivity index (χ1) is 11.3. The maximum Gasteiger partial charge on any atom is 0.274 e. The number of amides is 1. The molecule has 130 valence electrons. The third-order valence-corrected chi connectivity index (χ3v) is 4.11. The monoisotopic (exact) mass is 350 g/mol. The van der Waals surface area contributed by atoms with Gasteiger partial charge < -0.3 is 5.32 Å². The van der Waals surface area contributed by atoms with Gasteiger partial charge in [0.1, 0.15) is 0 Å². The Bertz CT molecular complexity index is 821. The van der Waals surface area contributed by atoms with Gasteiger partial charge in [0.2, 0.25) is 5.91 Å². The van der Waals surface area contributed by atoms with Crippen LogP contribution in [0.25, 0.3) is 10.9 Å². The summed E-state index contributed by atoms with van der Waals surface area (Å²) in [5.41, 5.74) is 2.46. The molecule has 0 saturated carbocycles. The number of unbranched alkanes of at least 4 members (excludes halogenated alkanes) is 2. The van der Waals surface area contributed by atoms with E-state index in [1.165, 1.54) is 0 Å². The Hall–Kier alpha value is -2.03. The number of rotatable bonds is 8. The minimum absolute atomic E-state index is 0.0647. The topological polar surface area (TPSA) is 114 Å². The smallest absolute Gasteiger partial charge is 0.274 e. The lowest BCUT2D eigenvalue weighted by atomic mass is 10.1. The van der Waals surface area contributed by atoms with Gasteiger partial charge in [-0.1, -0.05) is 24.6 Å². The maximum absolute atomic E-state index is 12.1. The van der Waals surface area contributed by atoms with E-state index in [9.17, 15) is 13.2 Å². The second kappa shape index (κ2) is 8.18. The molecule has 0 fully saturated rings. The van der Waals surface area contributed by atoms with Gasteiger partial charge in [0.25, 0.3) is 10.2 Å². The molecule has 0 aliphatic rings. The number of nitrogens with two attached hydrogens (primary N) is 1. The molecule has 1 amide bonds. The molecule has 0 saturated heterocycles. The molecule has 0 bridgehead atoms. The zero-order valence-electron chi connectivity index (χ0n) is 13.6. The SMILES string of the molecule is Cc1cc(NC(=O)CCCCCNS(N)(=O)=O)c2ccccc2n1. The highest BCUT2D eigenvalue weighted by Crippen LogP contribution is 2.23. The summed E-state index contributed by atoms with van der Waals surface area (Å²) in [6.07, 6.45) is 2.44. The zero-order valence-corrected chi connectivity index (χ0v) is 14.4. The number of nitrogens with zero attached hydrogens (tertiary/aromatic N) is 1. The highest BCUT2D eigenvalue weighted by Gasteiger charge is 2.08. The zero-order chi connectivity index (χ0) is 17.6. The van der Waals surface area contributed by atoms with Crippen LogP contribution >= 0.6 is 0 Å². The molecule has 0 atom stereocenters. The Labute approximate surface area is 141 Å². The van der Waals surface area contributed by atoms with Crippen molar-refractivity contribution in [1.29, 1.82) is 0 Å². The fourth-order valence-corrected chi connectivity index (χ4v) is 2.85. The van der Waals surface area contributed by atoms with Crippen molar-refractivity contribution in [3.05, 3.63) is 36.0 Å². The van der Waals surface area contributed by atoms with E-state index in [-0.39, 0.29) is 12.5 Å². The summed E-state index contributed by atoms with van der Waals surface area (Å²) in [5, 5.41) is 8.68. The molecular formula is C16H22N4O3S. The Morgan fingerprint density at radius 2 is 1.96 bits per heavy atom. The van der Waals surface area contributed by atoms with Gasteiger partial charge in [-0.25, -0.2) is 9.86 Å². The van der Waals surface area contributed by atoms with Gasteiger partial charge in [-0.2, -0.15) is 8.42 Å². The van der Waals surface area contributed by atoms with Gasteiger partial charge in [0.15, 0.2) is 0 Å². The lowest BCUT2D eigenvalue weighted by molar-refractivity contribution is -0.116. The largest absolute Gasteiger partial charge is 0.325 e. The van der Waals surface area contributed by atoms with Crippen LogP contribution in [-0.4, -0.2) is 25.9 Å². The van der Waals surface area contributed by atoms with Crippen molar-refractivity contribution in [2.45, 2.75) is 32.6 Å². The van der Waals surface area contributed by atoms with E-state index < -0.39 is 10.2 Å². The van der Waals surface area contributed by atoms with Crippen molar-refractivity contribution in [1.82, 2.24) is 9.71 Å². The summed E-state index contributed by atoms with van der Waals surface area (Å²) >= 11 is 0. The highest BCUT2D eigenvalue weighted by molar-refractivity contribution is 7.87. The van der Waals surface area contributed by atoms with Crippen molar-refractivity contribution in [3.8, 4) is 0 Å². The summed E-state index contributed by atoms with van der Waals surface area (Å²) in [6, 6.07) is 9.52. The van der Waals surface area contributed by atoms with E-state index in [0.717, 1.165) is 28.7 Å². The molecule has 7 nitrogen and oxygen atoms in total. The summed E-state index contributed by atoms with van der Waals surface area (Å²) < 4.78 is 23.6. The first-order valence-electron chi connectivity index (χ1n) is 7.79. The van der Waals surface area contributed by atoms with Crippen molar-refractivity contribution in [2.75, 3.05) is 11.9 Å². The molecule has 1 aromatic carbocycles. The second-order valence-corrected chi connectivity index (χ2v) is 7.01. The third kappa shape index (κ3) is 5.88. The highest BCUT2D eigenvalue weighted by atomic mass is 32.2. The number of hydrogen-bond acceptors (Lipinski definition) is 4. The predicted octanol–water partition coefficient (Wildman–Crippen LogP) is 1.84. The van der Waals surface area contributed by atoms with E-state index in [1.807, 2.05) is 37.3 Å².